The maximum Gasteiger partial charge on any atom is 0.150 e. The molecule has 2 aromatic rings. The van der Waals surface area contributed by atoms with Gasteiger partial charge in [-0.25, -0.2) is 15.0 Å². The molecule has 0 fully saturated rings. The quantitative estimate of drug-likeness (QED) is 0.768. The van der Waals surface area contributed by atoms with Gasteiger partial charge in [-0.3, -0.25) is 0 Å². The fraction of sp³-hybridized carbons (Fsp3) is 0.364. The molecule has 0 bridgehead atoms. The fourth-order valence-corrected chi connectivity index (χ4v) is 1.87. The van der Waals surface area contributed by atoms with Gasteiger partial charge in [-0.1, -0.05) is 18.5 Å². The minimum absolute atomic E-state index is 0.487. The average molecular weight is 237 g/mol. The highest BCUT2D eigenvalue weighted by atomic mass is 35.5. The summed E-state index contributed by atoms with van der Waals surface area (Å²) in [5.41, 5.74) is 0.883. The zero-order valence-electron chi connectivity index (χ0n) is 9.31. The molecule has 16 heavy (non-hydrogen) atoms. The maximum atomic E-state index is 5.89. The monoisotopic (exact) mass is 236 g/mol. The molecule has 5 heteroatoms. The van der Waals surface area contributed by atoms with Crippen LogP contribution in [-0.4, -0.2) is 19.5 Å². The van der Waals surface area contributed by atoms with Crippen molar-refractivity contribution in [1.82, 2.24) is 19.5 Å². The summed E-state index contributed by atoms with van der Waals surface area (Å²) in [6.07, 6.45) is 4.61. The highest BCUT2D eigenvalue weighted by Gasteiger charge is 2.05. The Labute approximate surface area is 99.3 Å². The summed E-state index contributed by atoms with van der Waals surface area (Å²) in [7, 11) is 0. The zero-order chi connectivity index (χ0) is 11.5. The Hall–Kier alpha value is -1.42. The van der Waals surface area contributed by atoms with E-state index in [4.69, 9.17) is 11.6 Å². The van der Waals surface area contributed by atoms with Crippen molar-refractivity contribution >= 4 is 11.6 Å². The van der Waals surface area contributed by atoms with Gasteiger partial charge < -0.3 is 4.57 Å². The summed E-state index contributed by atoms with van der Waals surface area (Å²) in [5.74, 6) is 1.75. The topological polar surface area (TPSA) is 43.6 Å². The summed E-state index contributed by atoms with van der Waals surface area (Å²) < 4.78 is 2.03. The van der Waals surface area contributed by atoms with Gasteiger partial charge in [0.05, 0.1) is 6.54 Å². The van der Waals surface area contributed by atoms with Crippen LogP contribution >= 0.6 is 11.6 Å². The highest BCUT2D eigenvalue weighted by Crippen LogP contribution is 2.08. The molecule has 0 radical (unpaired) electrons. The average Bonchev–Trinajstić information content (AvgIpc) is 2.63. The van der Waals surface area contributed by atoms with E-state index in [0.29, 0.717) is 11.7 Å². The van der Waals surface area contributed by atoms with Gasteiger partial charge in [0.1, 0.15) is 16.8 Å². The normalized spacial score (nSPS) is 10.7. The largest absolute Gasteiger partial charge is 0.327 e. The summed E-state index contributed by atoms with van der Waals surface area (Å²) in [6, 6.07) is 1.75. The van der Waals surface area contributed by atoms with E-state index in [1.165, 1.54) is 0 Å². The number of aryl methyl sites for hydroxylation is 2. The minimum atomic E-state index is 0.487. The van der Waals surface area contributed by atoms with E-state index < -0.39 is 0 Å². The molecule has 2 rings (SSSR count). The van der Waals surface area contributed by atoms with Crippen LogP contribution in [0.5, 0.6) is 0 Å². The second kappa shape index (κ2) is 4.61. The Balaban J connectivity index is 2.26. The molecule has 0 aliphatic carbocycles. The number of hydrogen-bond donors (Lipinski definition) is 0. The third-order valence-electron chi connectivity index (χ3n) is 2.30. The third-order valence-corrected chi connectivity index (χ3v) is 2.49. The summed E-state index contributed by atoms with van der Waals surface area (Å²) >= 11 is 5.89. The molecular formula is C11H13ClN4. The van der Waals surface area contributed by atoms with Crippen LogP contribution in [0.4, 0.5) is 0 Å². The van der Waals surface area contributed by atoms with Crippen LogP contribution in [-0.2, 0) is 13.0 Å². The molecule has 2 heterocycles. The lowest BCUT2D eigenvalue weighted by Gasteiger charge is -2.06. The molecule has 0 amide bonds. The van der Waals surface area contributed by atoms with Gasteiger partial charge in [0.2, 0.25) is 0 Å². The van der Waals surface area contributed by atoms with Crippen molar-refractivity contribution in [2.45, 2.75) is 26.8 Å². The van der Waals surface area contributed by atoms with E-state index in [9.17, 15) is 0 Å². The van der Waals surface area contributed by atoms with Gasteiger partial charge in [-0.05, 0) is 13.0 Å². The molecular weight excluding hydrogens is 224 g/mol. The van der Waals surface area contributed by atoms with Crippen molar-refractivity contribution in [3.8, 4) is 0 Å². The standard InChI is InChI=1S/C11H13ClN4/c1-3-11-13-4-5-16(11)7-10-14-8(2)6-9(12)15-10/h4-6H,3,7H2,1-2H3. The summed E-state index contributed by atoms with van der Waals surface area (Å²) in [6.45, 7) is 4.60. The number of aromatic nitrogens is 4. The predicted octanol–water partition coefficient (Wildman–Crippen LogP) is 2.25. The Morgan fingerprint density at radius 1 is 1.38 bits per heavy atom. The number of hydrogen-bond acceptors (Lipinski definition) is 3. The van der Waals surface area contributed by atoms with Gasteiger partial charge in [0, 0.05) is 24.5 Å². The van der Waals surface area contributed by atoms with Gasteiger partial charge in [-0.2, -0.15) is 0 Å². The van der Waals surface area contributed by atoms with Gasteiger partial charge in [0.15, 0.2) is 0 Å². The van der Waals surface area contributed by atoms with Gasteiger partial charge in [-0.15, -0.1) is 0 Å². The molecule has 0 saturated heterocycles. The molecule has 0 saturated carbocycles. The van der Waals surface area contributed by atoms with E-state index in [0.717, 1.165) is 23.8 Å². The lowest BCUT2D eigenvalue weighted by molar-refractivity contribution is 0.693. The highest BCUT2D eigenvalue weighted by molar-refractivity contribution is 6.29. The van der Waals surface area contributed by atoms with Crippen molar-refractivity contribution in [2.75, 3.05) is 0 Å². The molecule has 0 spiro atoms. The van der Waals surface area contributed by atoms with Crippen molar-refractivity contribution < 1.29 is 0 Å². The fourth-order valence-electron chi connectivity index (χ4n) is 1.61. The molecule has 0 aliphatic rings. The van der Waals surface area contributed by atoms with E-state index in [1.54, 1.807) is 12.3 Å². The van der Waals surface area contributed by atoms with Crippen molar-refractivity contribution in [3.63, 3.8) is 0 Å². The third kappa shape index (κ3) is 2.39. The molecule has 0 N–H and O–H groups in total. The maximum absolute atomic E-state index is 5.89. The number of imidazole rings is 1. The SMILES string of the molecule is CCc1nccn1Cc1nc(C)cc(Cl)n1. The minimum Gasteiger partial charge on any atom is -0.327 e. The van der Waals surface area contributed by atoms with Crippen molar-refractivity contribution in [2.24, 2.45) is 0 Å². The first-order chi connectivity index (χ1) is 7.69. The van der Waals surface area contributed by atoms with Crippen LogP contribution in [0.25, 0.3) is 0 Å². The number of nitrogens with zero attached hydrogens (tertiary/aromatic N) is 4. The first-order valence-corrected chi connectivity index (χ1v) is 5.57. The second-order valence-electron chi connectivity index (χ2n) is 3.57. The van der Waals surface area contributed by atoms with Crippen molar-refractivity contribution in [3.05, 3.63) is 41.0 Å². The molecule has 0 aliphatic heterocycles. The second-order valence-corrected chi connectivity index (χ2v) is 3.96. The lowest BCUT2D eigenvalue weighted by atomic mass is 10.4. The van der Waals surface area contributed by atoms with Crippen LogP contribution in [0.2, 0.25) is 5.15 Å². The Bertz CT molecular complexity index is 472. The van der Waals surface area contributed by atoms with Crippen LogP contribution < -0.4 is 0 Å². The van der Waals surface area contributed by atoms with Crippen LogP contribution in [0.1, 0.15) is 24.3 Å². The molecule has 84 valence electrons. The van der Waals surface area contributed by atoms with Crippen LogP contribution in [0, 0.1) is 6.92 Å². The lowest BCUT2D eigenvalue weighted by Crippen LogP contribution is -2.07. The van der Waals surface area contributed by atoms with Crippen LogP contribution in [0.15, 0.2) is 18.5 Å². The molecule has 2 aromatic heterocycles. The van der Waals surface area contributed by atoms with E-state index in [-0.39, 0.29) is 0 Å². The first kappa shape index (κ1) is 11.1. The van der Waals surface area contributed by atoms with E-state index >= 15 is 0 Å². The van der Waals surface area contributed by atoms with Crippen molar-refractivity contribution in [1.29, 1.82) is 0 Å². The Morgan fingerprint density at radius 2 is 2.19 bits per heavy atom. The Morgan fingerprint density at radius 3 is 2.88 bits per heavy atom. The smallest absolute Gasteiger partial charge is 0.150 e. The zero-order valence-corrected chi connectivity index (χ0v) is 10.1. The van der Waals surface area contributed by atoms with E-state index in [2.05, 4.69) is 21.9 Å². The number of halogens is 1. The predicted molar refractivity (Wildman–Crippen MR) is 62.5 cm³/mol. The summed E-state index contributed by atoms with van der Waals surface area (Å²) in [5, 5.41) is 0.487. The van der Waals surface area contributed by atoms with Gasteiger partial charge >= 0.3 is 0 Å². The molecule has 0 aromatic carbocycles. The first-order valence-electron chi connectivity index (χ1n) is 5.19. The van der Waals surface area contributed by atoms with Gasteiger partial charge in [0.25, 0.3) is 0 Å². The molecule has 0 atom stereocenters. The van der Waals surface area contributed by atoms with E-state index in [1.807, 2.05) is 17.7 Å². The van der Waals surface area contributed by atoms with Crippen LogP contribution in [0.3, 0.4) is 0 Å². The molecule has 0 unspecified atom stereocenters. The Kier molecular flexibility index (Phi) is 3.19. The molecule has 4 nitrogen and oxygen atoms in total. The summed E-state index contributed by atoms with van der Waals surface area (Å²) in [4.78, 5) is 12.8. The number of rotatable bonds is 3.